The van der Waals surface area contributed by atoms with Gasteiger partial charge in [0.25, 0.3) is 0 Å². The fraction of sp³-hybridized carbons (Fsp3) is 0.750. The van der Waals surface area contributed by atoms with E-state index in [-0.39, 0.29) is 5.91 Å². The Balaban J connectivity index is 0. The van der Waals surface area contributed by atoms with Crippen LogP contribution in [-0.2, 0) is 4.79 Å². The van der Waals surface area contributed by atoms with Crippen LogP contribution >= 0.6 is 0 Å². The minimum Gasteiger partial charge on any atom is -0.359 e. The van der Waals surface area contributed by atoms with Crippen LogP contribution in [0.25, 0.3) is 0 Å². The van der Waals surface area contributed by atoms with Gasteiger partial charge in [0.2, 0.25) is 5.91 Å². The topological polar surface area (TPSA) is 29.1 Å². The Kier molecular flexibility index (Phi) is 8.96. The zero-order valence-corrected chi connectivity index (χ0v) is 5.12. The van der Waals surface area contributed by atoms with Gasteiger partial charge in [0, 0.05) is 14.0 Å². The van der Waals surface area contributed by atoms with E-state index in [1.54, 1.807) is 7.05 Å². The van der Waals surface area contributed by atoms with Crippen LogP contribution in [0.4, 0.5) is 13.2 Å². The van der Waals surface area contributed by atoms with Gasteiger partial charge in [-0.05, 0) is 0 Å². The minimum atomic E-state index is -3.67. The van der Waals surface area contributed by atoms with Crippen molar-refractivity contribution < 1.29 is 18.0 Å². The van der Waals surface area contributed by atoms with Crippen molar-refractivity contribution in [3.8, 4) is 0 Å². The highest BCUT2D eigenvalue weighted by Crippen LogP contribution is 1.87. The number of carbonyl (C=O) groups excluding carboxylic acids is 1. The first kappa shape index (κ1) is 11.1. The average molecular weight is 143 g/mol. The first-order chi connectivity index (χ1) is 4.00. The molecule has 0 unspecified atom stereocenters. The lowest BCUT2D eigenvalue weighted by molar-refractivity contribution is -0.118. The molecular weight excluding hydrogens is 135 g/mol. The van der Waals surface area contributed by atoms with Crippen molar-refractivity contribution in [2.75, 3.05) is 7.05 Å². The van der Waals surface area contributed by atoms with E-state index < -0.39 is 6.68 Å². The van der Waals surface area contributed by atoms with Crippen molar-refractivity contribution >= 4 is 5.91 Å². The standard InChI is InChI=1S/C3H7NO.CHF3/c1-3(5)4-2;2-1(3)4/h1-2H3,(H,4,5);1H. The molecule has 2 nitrogen and oxygen atoms in total. The zero-order chi connectivity index (χ0) is 7.86. The van der Waals surface area contributed by atoms with Crippen molar-refractivity contribution in [2.24, 2.45) is 0 Å². The molecule has 0 aromatic rings. The second kappa shape index (κ2) is 7.26. The van der Waals surface area contributed by atoms with Crippen LogP contribution in [0.1, 0.15) is 6.92 Å². The Morgan fingerprint density at radius 2 is 1.56 bits per heavy atom. The van der Waals surface area contributed by atoms with Gasteiger partial charge in [-0.2, -0.15) is 13.2 Å². The Morgan fingerprint density at radius 3 is 1.56 bits per heavy atom. The molecule has 1 N–H and O–H groups in total. The summed E-state index contributed by atoms with van der Waals surface area (Å²) in [5, 5.41) is 2.39. The molecule has 0 bridgehead atoms. The van der Waals surface area contributed by atoms with E-state index in [2.05, 4.69) is 5.32 Å². The van der Waals surface area contributed by atoms with Crippen molar-refractivity contribution in [2.45, 2.75) is 13.6 Å². The Bertz CT molecular complexity index is 73.5. The predicted molar refractivity (Wildman–Crippen MR) is 26.9 cm³/mol. The highest BCUT2D eigenvalue weighted by Gasteiger charge is 1.86. The van der Waals surface area contributed by atoms with E-state index in [1.807, 2.05) is 0 Å². The molecule has 9 heavy (non-hydrogen) atoms. The third-order valence-electron chi connectivity index (χ3n) is 0.352. The van der Waals surface area contributed by atoms with Gasteiger partial charge in [0.15, 0.2) is 0 Å². The maximum Gasteiger partial charge on any atom is 0.379 e. The summed E-state index contributed by atoms with van der Waals surface area (Å²) in [6.07, 6.45) is 0. The number of hydrogen-bond acceptors (Lipinski definition) is 1. The van der Waals surface area contributed by atoms with Gasteiger partial charge in [-0.1, -0.05) is 0 Å². The first-order valence-electron chi connectivity index (χ1n) is 2.11. The molecule has 1 amide bonds. The average Bonchev–Trinajstić information content (AvgIpc) is 1.65. The van der Waals surface area contributed by atoms with Crippen LogP contribution < -0.4 is 5.32 Å². The molecule has 0 heterocycles. The lowest BCUT2D eigenvalue weighted by atomic mass is 10.7. The number of nitrogens with one attached hydrogen (secondary N) is 1. The summed E-state index contributed by atoms with van der Waals surface area (Å²) in [6, 6.07) is 0. The van der Waals surface area contributed by atoms with Gasteiger partial charge >= 0.3 is 6.68 Å². The highest BCUT2D eigenvalue weighted by atomic mass is 19.4. The molecule has 5 heteroatoms. The van der Waals surface area contributed by atoms with Crippen molar-refractivity contribution in [3.63, 3.8) is 0 Å². The van der Waals surface area contributed by atoms with Crippen LogP contribution in [-0.4, -0.2) is 19.6 Å². The molecule has 0 atom stereocenters. The normalized spacial score (nSPS) is 7.78. The van der Waals surface area contributed by atoms with Gasteiger partial charge < -0.3 is 5.32 Å². The molecular formula is C4H8F3NO. The smallest absolute Gasteiger partial charge is 0.359 e. The molecule has 56 valence electrons. The van der Waals surface area contributed by atoms with E-state index in [9.17, 15) is 18.0 Å². The van der Waals surface area contributed by atoms with Gasteiger partial charge in [-0.3, -0.25) is 4.79 Å². The summed E-state index contributed by atoms with van der Waals surface area (Å²) < 4.78 is 29.0. The van der Waals surface area contributed by atoms with Crippen LogP contribution in [0.3, 0.4) is 0 Å². The summed E-state index contributed by atoms with van der Waals surface area (Å²) in [4.78, 5) is 9.70. The Labute approximate surface area is 51.0 Å². The zero-order valence-electron chi connectivity index (χ0n) is 5.12. The van der Waals surface area contributed by atoms with Crippen LogP contribution in [0, 0.1) is 0 Å². The lowest BCUT2D eigenvalue weighted by Gasteiger charge is -1.80. The summed E-state index contributed by atoms with van der Waals surface area (Å²) in [6.45, 7) is -2.19. The fourth-order valence-corrected chi connectivity index (χ4v) is 0. The molecule has 0 aromatic carbocycles. The molecule has 0 aliphatic heterocycles. The Hall–Kier alpha value is -0.740. The molecule has 0 saturated carbocycles. The number of amides is 1. The molecule has 0 aromatic heterocycles. The molecule has 0 saturated heterocycles. The number of rotatable bonds is 0. The van der Waals surface area contributed by atoms with Crippen LogP contribution in [0.5, 0.6) is 0 Å². The van der Waals surface area contributed by atoms with E-state index in [4.69, 9.17) is 0 Å². The predicted octanol–water partition coefficient (Wildman–Crippen LogP) is 0.931. The third kappa shape index (κ3) is 127. The number of alkyl halides is 3. The highest BCUT2D eigenvalue weighted by molar-refractivity contribution is 5.72. The van der Waals surface area contributed by atoms with E-state index >= 15 is 0 Å². The molecule has 0 spiro atoms. The molecule has 0 aliphatic rings. The van der Waals surface area contributed by atoms with Crippen LogP contribution in [0.15, 0.2) is 0 Å². The quantitative estimate of drug-likeness (QED) is 0.537. The molecule has 0 aliphatic carbocycles. The van der Waals surface area contributed by atoms with E-state index in [1.165, 1.54) is 6.92 Å². The van der Waals surface area contributed by atoms with E-state index in [0.29, 0.717) is 0 Å². The Morgan fingerprint density at radius 1 is 1.44 bits per heavy atom. The summed E-state index contributed by atoms with van der Waals surface area (Å²) >= 11 is 0. The van der Waals surface area contributed by atoms with Crippen molar-refractivity contribution in [1.29, 1.82) is 0 Å². The fourth-order valence-electron chi connectivity index (χ4n) is 0. The van der Waals surface area contributed by atoms with Gasteiger partial charge in [0.05, 0.1) is 0 Å². The van der Waals surface area contributed by atoms with Gasteiger partial charge in [0.1, 0.15) is 0 Å². The number of halogens is 3. The largest absolute Gasteiger partial charge is 0.379 e. The van der Waals surface area contributed by atoms with Crippen molar-refractivity contribution in [3.05, 3.63) is 0 Å². The lowest BCUT2D eigenvalue weighted by Crippen LogP contribution is -2.11. The van der Waals surface area contributed by atoms with E-state index in [0.717, 1.165) is 0 Å². The van der Waals surface area contributed by atoms with Crippen LogP contribution in [0.2, 0.25) is 0 Å². The third-order valence-corrected chi connectivity index (χ3v) is 0.352. The monoisotopic (exact) mass is 143 g/mol. The molecule has 0 rings (SSSR count). The maximum absolute atomic E-state index is 9.70. The number of carbonyl (C=O) groups is 1. The minimum absolute atomic E-state index is 0.00463. The second-order valence-electron chi connectivity index (χ2n) is 1.05. The summed E-state index contributed by atoms with van der Waals surface area (Å²) in [5.74, 6) is 0.00463. The van der Waals surface area contributed by atoms with Crippen molar-refractivity contribution in [1.82, 2.24) is 5.32 Å². The van der Waals surface area contributed by atoms with Gasteiger partial charge in [-0.15, -0.1) is 0 Å². The maximum atomic E-state index is 9.70. The summed E-state index contributed by atoms with van der Waals surface area (Å²) in [7, 11) is 1.60. The molecule has 0 fully saturated rings. The first-order valence-corrected chi connectivity index (χ1v) is 2.11. The summed E-state index contributed by atoms with van der Waals surface area (Å²) in [5.41, 5.74) is 0. The molecule has 0 radical (unpaired) electrons. The second-order valence-corrected chi connectivity index (χ2v) is 1.05. The SMILES string of the molecule is CNC(C)=O.FC(F)F. The van der Waals surface area contributed by atoms with Gasteiger partial charge in [-0.25, -0.2) is 0 Å². The number of hydrogen-bond donors (Lipinski definition) is 1.